The van der Waals surface area contributed by atoms with E-state index in [1.54, 1.807) is 11.4 Å². The lowest BCUT2D eigenvalue weighted by Gasteiger charge is -2.46. The first-order valence-corrected chi connectivity index (χ1v) is 16.3. The van der Waals surface area contributed by atoms with Gasteiger partial charge in [0.05, 0.1) is 25.5 Å². The number of aliphatic hydroxyl groups is 1. The predicted octanol–water partition coefficient (Wildman–Crippen LogP) is 2.70. The Balaban J connectivity index is 1.66. The number of benzene rings is 1. The van der Waals surface area contributed by atoms with Gasteiger partial charge in [0.25, 0.3) is 10.0 Å². The number of thiophene rings is 1. The molecule has 2 aromatic rings. The minimum Gasteiger partial charge on any atom is -0.380 e. The van der Waals surface area contributed by atoms with E-state index in [2.05, 4.69) is 0 Å². The zero-order valence-corrected chi connectivity index (χ0v) is 24.2. The van der Waals surface area contributed by atoms with Gasteiger partial charge in [0.15, 0.2) is 5.60 Å². The Morgan fingerprint density at radius 2 is 1.77 bits per heavy atom. The fourth-order valence-corrected chi connectivity index (χ4v) is 8.34. The molecule has 1 aromatic carbocycles. The minimum absolute atomic E-state index is 0.0263. The average Bonchev–Trinajstić information content (AvgIpc) is 3.37. The van der Waals surface area contributed by atoms with E-state index in [-0.39, 0.29) is 47.9 Å². The van der Waals surface area contributed by atoms with Crippen LogP contribution in [0.15, 0.2) is 46.0 Å². The van der Waals surface area contributed by atoms with Gasteiger partial charge in [-0.1, -0.05) is 25.1 Å². The largest absolute Gasteiger partial charge is 0.421 e. The second-order valence-electron chi connectivity index (χ2n) is 10.6. The standard InChI is InChI=1S/C24H32F3N3O6S3/c1-22(16-36-17-22)15-29(38(3,32)33)14-20-13-28(39(34,35)21-5-4-12-37-21)10-11-30(20)19-8-6-18(7-9-19)23(2,31)24(25,26)27/h4-9,12,20,31H,10-11,13-17H2,1-3H3/t20-,23+/m1/s1. The Morgan fingerprint density at radius 1 is 1.13 bits per heavy atom. The molecule has 0 radical (unpaired) electrons. The molecule has 4 rings (SSSR count). The van der Waals surface area contributed by atoms with Crippen molar-refractivity contribution in [2.75, 3.05) is 57.1 Å². The van der Waals surface area contributed by atoms with E-state index in [0.29, 0.717) is 25.8 Å². The van der Waals surface area contributed by atoms with Crippen LogP contribution < -0.4 is 4.90 Å². The zero-order valence-electron chi connectivity index (χ0n) is 21.8. The molecule has 2 aliphatic rings. The summed E-state index contributed by atoms with van der Waals surface area (Å²) in [7, 11) is -7.51. The number of nitrogens with zero attached hydrogens (tertiary/aromatic N) is 3. The highest BCUT2D eigenvalue weighted by molar-refractivity contribution is 7.91. The molecule has 0 bridgehead atoms. The molecule has 0 aliphatic carbocycles. The van der Waals surface area contributed by atoms with E-state index < -0.39 is 37.9 Å². The van der Waals surface area contributed by atoms with Gasteiger partial charge in [-0.25, -0.2) is 16.8 Å². The highest BCUT2D eigenvalue weighted by Gasteiger charge is 2.51. The van der Waals surface area contributed by atoms with Crippen molar-refractivity contribution in [1.29, 1.82) is 0 Å². The molecular formula is C24H32F3N3O6S3. The van der Waals surface area contributed by atoms with Crippen molar-refractivity contribution in [2.45, 2.75) is 35.9 Å². The van der Waals surface area contributed by atoms with Crippen LogP contribution in [-0.2, 0) is 30.4 Å². The molecule has 218 valence electrons. The Hall–Kier alpha value is -1.75. The summed E-state index contributed by atoms with van der Waals surface area (Å²) in [6.45, 7) is 3.78. The average molecular weight is 612 g/mol. The maximum atomic E-state index is 13.3. The number of rotatable bonds is 9. The number of alkyl halides is 3. The number of sulfonamides is 2. The van der Waals surface area contributed by atoms with E-state index in [9.17, 15) is 35.1 Å². The second-order valence-corrected chi connectivity index (χ2v) is 15.7. The van der Waals surface area contributed by atoms with Crippen molar-refractivity contribution in [3.63, 3.8) is 0 Å². The van der Waals surface area contributed by atoms with Crippen molar-refractivity contribution in [2.24, 2.45) is 5.41 Å². The Bertz CT molecular complexity index is 1360. The van der Waals surface area contributed by atoms with Crippen LogP contribution in [0.1, 0.15) is 19.4 Å². The molecule has 39 heavy (non-hydrogen) atoms. The highest BCUT2D eigenvalue weighted by atomic mass is 32.2. The highest BCUT2D eigenvalue weighted by Crippen LogP contribution is 2.39. The molecule has 2 atom stereocenters. The third kappa shape index (κ3) is 6.29. The van der Waals surface area contributed by atoms with Gasteiger partial charge in [-0.2, -0.15) is 21.8 Å². The Labute approximate surface area is 230 Å². The van der Waals surface area contributed by atoms with Gasteiger partial charge in [-0.3, -0.25) is 0 Å². The molecule has 0 amide bonds. The SMILES string of the molecule is CC1(CN(C[C@H]2CN(S(=O)(=O)c3cccs3)CCN2c2ccc([C@](C)(O)C(F)(F)F)cc2)S(C)(=O)=O)COC1. The van der Waals surface area contributed by atoms with Crippen LogP contribution in [0.25, 0.3) is 0 Å². The first-order chi connectivity index (χ1) is 17.9. The van der Waals surface area contributed by atoms with Gasteiger partial charge in [0.2, 0.25) is 10.0 Å². The number of anilines is 1. The van der Waals surface area contributed by atoms with Crippen LogP contribution in [0.2, 0.25) is 0 Å². The van der Waals surface area contributed by atoms with Crippen molar-refractivity contribution >= 4 is 37.1 Å². The Morgan fingerprint density at radius 3 is 2.26 bits per heavy atom. The molecule has 2 fully saturated rings. The van der Waals surface area contributed by atoms with Crippen LogP contribution >= 0.6 is 11.3 Å². The number of halogens is 3. The Kier molecular flexibility index (Phi) is 8.20. The van der Waals surface area contributed by atoms with Crippen LogP contribution in [0.5, 0.6) is 0 Å². The molecular weight excluding hydrogens is 579 g/mol. The topological polar surface area (TPSA) is 107 Å². The molecule has 2 aliphatic heterocycles. The minimum atomic E-state index is -4.88. The summed E-state index contributed by atoms with van der Waals surface area (Å²) >= 11 is 1.09. The lowest BCUT2D eigenvalue weighted by Crippen LogP contribution is -2.60. The van der Waals surface area contributed by atoms with Gasteiger partial charge in [-0.15, -0.1) is 11.3 Å². The van der Waals surface area contributed by atoms with Gasteiger partial charge in [0.1, 0.15) is 4.21 Å². The van der Waals surface area contributed by atoms with Crippen LogP contribution in [0.3, 0.4) is 0 Å². The van der Waals surface area contributed by atoms with Crippen LogP contribution in [-0.4, -0.2) is 95.0 Å². The van der Waals surface area contributed by atoms with Crippen LogP contribution in [0, 0.1) is 5.41 Å². The van der Waals surface area contributed by atoms with E-state index in [1.165, 1.54) is 38.9 Å². The predicted molar refractivity (Wildman–Crippen MR) is 142 cm³/mol. The van der Waals surface area contributed by atoms with E-state index in [4.69, 9.17) is 4.74 Å². The van der Waals surface area contributed by atoms with E-state index in [1.807, 2.05) is 11.8 Å². The molecule has 0 saturated carbocycles. The normalized spacial score (nSPS) is 22.5. The van der Waals surface area contributed by atoms with Gasteiger partial charge in [0, 0.05) is 43.8 Å². The molecule has 3 heterocycles. The van der Waals surface area contributed by atoms with Gasteiger partial charge >= 0.3 is 6.18 Å². The van der Waals surface area contributed by atoms with Crippen LogP contribution in [0.4, 0.5) is 18.9 Å². The molecule has 9 nitrogen and oxygen atoms in total. The summed E-state index contributed by atoms with van der Waals surface area (Å²) in [5, 5.41) is 11.7. The third-order valence-electron chi connectivity index (χ3n) is 7.19. The number of hydrogen-bond acceptors (Lipinski definition) is 8. The van der Waals surface area contributed by atoms with Gasteiger partial charge in [-0.05, 0) is 36.1 Å². The third-order valence-corrected chi connectivity index (χ3v) is 11.6. The number of hydrogen-bond donors (Lipinski definition) is 1. The first kappa shape index (κ1) is 30.2. The molecule has 15 heteroatoms. The zero-order chi connectivity index (χ0) is 28.9. The van der Waals surface area contributed by atoms with Crippen molar-refractivity contribution in [3.8, 4) is 0 Å². The first-order valence-electron chi connectivity index (χ1n) is 12.2. The summed E-state index contributed by atoms with van der Waals surface area (Å²) in [5.74, 6) is 0. The van der Waals surface area contributed by atoms with Crippen molar-refractivity contribution in [1.82, 2.24) is 8.61 Å². The molecule has 2 saturated heterocycles. The van der Waals surface area contributed by atoms with E-state index >= 15 is 0 Å². The lowest BCUT2D eigenvalue weighted by atomic mass is 9.88. The monoisotopic (exact) mass is 611 g/mol. The molecule has 1 N–H and O–H groups in total. The fraction of sp³-hybridized carbons (Fsp3) is 0.583. The number of ether oxygens (including phenoxy) is 1. The summed E-state index contributed by atoms with van der Waals surface area (Å²) in [6, 6.07) is 7.71. The summed E-state index contributed by atoms with van der Waals surface area (Å²) in [6.07, 6.45) is -3.78. The molecule has 0 unspecified atom stereocenters. The van der Waals surface area contributed by atoms with Crippen molar-refractivity contribution < 1.29 is 39.9 Å². The summed E-state index contributed by atoms with van der Waals surface area (Å²) in [5.41, 5.74) is -3.28. The molecule has 1 aromatic heterocycles. The lowest BCUT2D eigenvalue weighted by molar-refractivity contribution is -0.258. The van der Waals surface area contributed by atoms with E-state index in [0.717, 1.165) is 17.6 Å². The smallest absolute Gasteiger partial charge is 0.380 e. The maximum absolute atomic E-state index is 13.3. The van der Waals surface area contributed by atoms with Crippen molar-refractivity contribution in [3.05, 3.63) is 47.3 Å². The quantitative estimate of drug-likeness (QED) is 0.465. The molecule has 0 spiro atoms. The second kappa shape index (κ2) is 10.6. The van der Waals surface area contributed by atoms with Gasteiger partial charge < -0.3 is 14.7 Å². The fourth-order valence-electron chi connectivity index (χ4n) is 4.74. The summed E-state index contributed by atoms with van der Waals surface area (Å²) in [4.78, 5) is 1.81. The summed E-state index contributed by atoms with van der Waals surface area (Å²) < 4.78 is 100. The maximum Gasteiger partial charge on any atom is 0.421 e. The number of piperazine rings is 1.